The van der Waals surface area contributed by atoms with Crippen molar-refractivity contribution < 1.29 is 17.6 Å². The van der Waals surface area contributed by atoms with Crippen molar-refractivity contribution in [2.24, 2.45) is 5.73 Å². The van der Waals surface area contributed by atoms with Crippen molar-refractivity contribution in [1.82, 2.24) is 9.97 Å². The van der Waals surface area contributed by atoms with E-state index in [2.05, 4.69) is 27.1 Å². The first kappa shape index (κ1) is 27.2. The number of nitrogens with zero attached hydrogens (tertiary/aromatic N) is 3. The lowest BCUT2D eigenvalue weighted by Gasteiger charge is -2.32. The molecule has 2 aromatic rings. The van der Waals surface area contributed by atoms with Crippen molar-refractivity contribution in [2.45, 2.75) is 51.2 Å². The smallest absolute Gasteiger partial charge is 0.355 e. The number of hydrogen-bond acceptors (Lipinski definition) is 5. The quantitative estimate of drug-likeness (QED) is 0.531. The molecule has 1 saturated heterocycles. The van der Waals surface area contributed by atoms with Crippen molar-refractivity contribution >= 4 is 42.3 Å². The Morgan fingerprint density at radius 2 is 1.94 bits per heavy atom. The molecule has 2 heterocycles. The van der Waals surface area contributed by atoms with Gasteiger partial charge in [-0.1, -0.05) is 13.3 Å². The van der Waals surface area contributed by atoms with Crippen LogP contribution < -0.4 is 16.0 Å². The third-order valence-electron chi connectivity index (χ3n) is 4.86. The van der Waals surface area contributed by atoms with Crippen LogP contribution in [-0.2, 0) is 12.6 Å². The third kappa shape index (κ3) is 7.36. The first-order valence-corrected chi connectivity index (χ1v) is 9.78. The second-order valence-corrected chi connectivity index (χ2v) is 7.31. The predicted octanol–water partition coefficient (Wildman–Crippen LogP) is 5.49. The van der Waals surface area contributed by atoms with Gasteiger partial charge in [0.05, 0.1) is 5.56 Å². The first-order valence-electron chi connectivity index (χ1n) is 9.78. The van der Waals surface area contributed by atoms with Gasteiger partial charge in [-0.3, -0.25) is 0 Å². The normalized spacial score (nSPS) is 16.3. The SMILES string of the molecule is CCCCc1cc(N2CCC[C@@H](N)C2)nc(Nc2ccc(F)c(C(F)(F)F)c2)n1.Cl.Cl. The maximum absolute atomic E-state index is 13.6. The summed E-state index contributed by atoms with van der Waals surface area (Å²) in [6.07, 6.45) is -0.220. The predicted molar refractivity (Wildman–Crippen MR) is 119 cm³/mol. The fourth-order valence-electron chi connectivity index (χ4n) is 3.35. The lowest BCUT2D eigenvalue weighted by molar-refractivity contribution is -0.139. The van der Waals surface area contributed by atoms with Gasteiger partial charge in [-0.15, -0.1) is 24.8 Å². The van der Waals surface area contributed by atoms with Crippen LogP contribution in [0.1, 0.15) is 43.9 Å². The number of halogens is 6. The molecule has 3 N–H and O–H groups in total. The molecular weight excluding hydrogens is 457 g/mol. The molecule has 5 nitrogen and oxygen atoms in total. The summed E-state index contributed by atoms with van der Waals surface area (Å²) >= 11 is 0. The highest BCUT2D eigenvalue weighted by atomic mass is 35.5. The van der Waals surface area contributed by atoms with Crippen molar-refractivity contribution in [1.29, 1.82) is 0 Å². The van der Waals surface area contributed by atoms with Gasteiger partial charge in [-0.05, 0) is 43.9 Å². The van der Waals surface area contributed by atoms with Crippen LogP contribution in [0.4, 0.5) is 35.0 Å². The van der Waals surface area contributed by atoms with Crippen LogP contribution in [0, 0.1) is 5.82 Å². The van der Waals surface area contributed by atoms with Gasteiger partial charge < -0.3 is 16.0 Å². The second-order valence-electron chi connectivity index (χ2n) is 7.31. The zero-order valence-corrected chi connectivity index (χ0v) is 18.7. The average molecular weight is 484 g/mol. The number of rotatable bonds is 6. The van der Waals surface area contributed by atoms with Crippen LogP contribution in [0.3, 0.4) is 0 Å². The van der Waals surface area contributed by atoms with Gasteiger partial charge in [0.15, 0.2) is 0 Å². The zero-order chi connectivity index (χ0) is 21.0. The summed E-state index contributed by atoms with van der Waals surface area (Å²) in [4.78, 5) is 11.0. The number of aromatic nitrogens is 2. The average Bonchev–Trinajstić information content (AvgIpc) is 2.67. The first-order chi connectivity index (χ1) is 13.8. The van der Waals surface area contributed by atoms with Gasteiger partial charge in [0.2, 0.25) is 5.95 Å². The molecule has 0 radical (unpaired) electrons. The third-order valence-corrected chi connectivity index (χ3v) is 4.86. The number of alkyl halides is 3. The highest BCUT2D eigenvalue weighted by molar-refractivity contribution is 5.85. The van der Waals surface area contributed by atoms with Crippen LogP contribution >= 0.6 is 24.8 Å². The number of hydrogen-bond donors (Lipinski definition) is 2. The van der Waals surface area contributed by atoms with E-state index in [9.17, 15) is 17.6 Å². The lowest BCUT2D eigenvalue weighted by Crippen LogP contribution is -2.43. The molecule has 174 valence electrons. The van der Waals surface area contributed by atoms with Gasteiger partial charge in [0.25, 0.3) is 0 Å². The van der Waals surface area contributed by atoms with Gasteiger partial charge >= 0.3 is 6.18 Å². The highest BCUT2D eigenvalue weighted by Crippen LogP contribution is 2.33. The van der Waals surface area contributed by atoms with E-state index in [1.807, 2.05) is 6.07 Å². The van der Waals surface area contributed by atoms with Crippen molar-refractivity contribution in [3.63, 3.8) is 0 Å². The fraction of sp³-hybridized carbons (Fsp3) is 0.500. The number of benzene rings is 1. The minimum atomic E-state index is -4.78. The summed E-state index contributed by atoms with van der Waals surface area (Å²) in [6.45, 7) is 3.55. The van der Waals surface area contributed by atoms with Gasteiger partial charge in [-0.25, -0.2) is 9.37 Å². The molecule has 1 aromatic heterocycles. The van der Waals surface area contributed by atoms with E-state index < -0.39 is 17.6 Å². The lowest BCUT2D eigenvalue weighted by atomic mass is 10.1. The van der Waals surface area contributed by atoms with Crippen LogP contribution in [0.15, 0.2) is 24.3 Å². The monoisotopic (exact) mass is 483 g/mol. The maximum atomic E-state index is 13.6. The molecule has 1 aliphatic rings. The van der Waals surface area contributed by atoms with E-state index in [0.29, 0.717) is 12.4 Å². The Hall–Kier alpha value is -1.84. The molecule has 0 amide bonds. The summed E-state index contributed by atoms with van der Waals surface area (Å²) in [5, 5.41) is 2.80. The van der Waals surface area contributed by atoms with E-state index in [-0.39, 0.29) is 42.5 Å². The van der Waals surface area contributed by atoms with Gasteiger partial charge in [0.1, 0.15) is 11.6 Å². The van der Waals surface area contributed by atoms with Crippen LogP contribution in [-0.4, -0.2) is 29.1 Å². The van der Waals surface area contributed by atoms with Crippen LogP contribution in [0.5, 0.6) is 0 Å². The standard InChI is InChI=1S/C20H25F4N5.2ClH/c1-2-3-6-14-11-18(29-9-4-5-13(25)12-29)28-19(26-14)27-15-7-8-17(21)16(10-15)20(22,23)24;;/h7-8,10-11,13H,2-6,9,12,25H2,1H3,(H,26,27,28);2*1H/t13-;;/m1../s1. The zero-order valence-electron chi connectivity index (χ0n) is 17.1. The highest BCUT2D eigenvalue weighted by Gasteiger charge is 2.34. The van der Waals surface area contributed by atoms with E-state index in [1.54, 1.807) is 0 Å². The van der Waals surface area contributed by atoms with E-state index in [0.717, 1.165) is 56.5 Å². The summed E-state index contributed by atoms with van der Waals surface area (Å²) in [5.74, 6) is -0.432. The Kier molecular flexibility index (Phi) is 10.3. The Morgan fingerprint density at radius 1 is 1.19 bits per heavy atom. The molecule has 0 aliphatic carbocycles. The molecule has 11 heteroatoms. The van der Waals surface area contributed by atoms with E-state index in [1.165, 1.54) is 6.07 Å². The number of anilines is 3. The molecule has 0 bridgehead atoms. The van der Waals surface area contributed by atoms with E-state index in [4.69, 9.17) is 5.73 Å². The summed E-state index contributed by atoms with van der Waals surface area (Å²) in [5.41, 5.74) is 5.62. The minimum Gasteiger partial charge on any atom is -0.355 e. The molecule has 0 spiro atoms. The molecule has 1 aliphatic heterocycles. The Bertz CT molecular complexity index is 851. The summed E-state index contributed by atoms with van der Waals surface area (Å²) in [7, 11) is 0. The molecule has 31 heavy (non-hydrogen) atoms. The van der Waals surface area contributed by atoms with Crippen molar-refractivity contribution in [2.75, 3.05) is 23.3 Å². The molecule has 1 fully saturated rings. The van der Waals surface area contributed by atoms with Gasteiger partial charge in [0, 0.05) is 36.6 Å². The molecule has 1 aromatic carbocycles. The number of nitrogens with one attached hydrogen (secondary N) is 1. The largest absolute Gasteiger partial charge is 0.419 e. The number of piperidine rings is 1. The molecular formula is C20H27Cl2F4N5. The number of unbranched alkanes of at least 4 members (excludes halogenated alkanes) is 1. The number of nitrogens with two attached hydrogens (primary N) is 1. The molecule has 0 saturated carbocycles. The van der Waals surface area contributed by atoms with Crippen molar-refractivity contribution in [3.8, 4) is 0 Å². The molecule has 1 atom stereocenters. The topological polar surface area (TPSA) is 67.1 Å². The Labute approximate surface area is 191 Å². The minimum absolute atomic E-state index is 0. The second kappa shape index (κ2) is 11.7. The van der Waals surface area contributed by atoms with E-state index >= 15 is 0 Å². The number of aryl methyl sites for hydroxylation is 1. The Balaban J connectivity index is 0.00000240. The molecule has 0 unspecified atom stereocenters. The van der Waals surface area contributed by atoms with Crippen LogP contribution in [0.25, 0.3) is 0 Å². The van der Waals surface area contributed by atoms with Gasteiger partial charge in [-0.2, -0.15) is 18.2 Å². The van der Waals surface area contributed by atoms with Crippen LogP contribution in [0.2, 0.25) is 0 Å². The van der Waals surface area contributed by atoms with Crippen molar-refractivity contribution in [3.05, 3.63) is 41.3 Å². The fourth-order valence-corrected chi connectivity index (χ4v) is 3.35. The Morgan fingerprint density at radius 3 is 2.58 bits per heavy atom. The summed E-state index contributed by atoms with van der Waals surface area (Å²) in [6, 6.07) is 4.72. The molecule has 3 rings (SSSR count). The maximum Gasteiger partial charge on any atom is 0.419 e. The summed E-state index contributed by atoms with van der Waals surface area (Å²) < 4.78 is 52.5.